The second-order valence-electron chi connectivity index (χ2n) is 4.18. The van der Waals surface area contributed by atoms with E-state index >= 15 is 0 Å². The number of rotatable bonds is 2. The van der Waals surface area contributed by atoms with Crippen molar-refractivity contribution < 1.29 is 4.79 Å². The van der Waals surface area contributed by atoms with Crippen molar-refractivity contribution in [1.82, 2.24) is 15.2 Å². The largest absolute Gasteiger partial charge is 0.337 e. The van der Waals surface area contributed by atoms with E-state index in [0.29, 0.717) is 6.42 Å². The number of carbonyl (C=O) groups is 1. The van der Waals surface area contributed by atoms with Crippen LogP contribution in [0.4, 0.5) is 0 Å². The Kier molecular flexibility index (Phi) is 5.38. The van der Waals surface area contributed by atoms with Gasteiger partial charge >= 0.3 is 0 Å². The maximum atomic E-state index is 12.0. The van der Waals surface area contributed by atoms with Gasteiger partial charge in [-0.2, -0.15) is 0 Å². The average Bonchev–Trinajstić information content (AvgIpc) is 2.31. The van der Waals surface area contributed by atoms with E-state index in [4.69, 9.17) is 0 Å². The number of amides is 1. The molecule has 2 heterocycles. The second-order valence-corrected chi connectivity index (χ2v) is 4.18. The Balaban J connectivity index is 0.00000144. The predicted octanol–water partition coefficient (Wildman–Crippen LogP) is 0.866. The molecule has 1 aromatic rings. The molecule has 5 heteroatoms. The summed E-state index contributed by atoms with van der Waals surface area (Å²) in [5.41, 5.74) is 0.984. The normalized spacial score (nSPS) is 19.6. The van der Waals surface area contributed by atoms with Gasteiger partial charge < -0.3 is 10.2 Å². The Labute approximate surface area is 108 Å². The monoisotopic (exact) mass is 255 g/mol. The summed E-state index contributed by atoms with van der Waals surface area (Å²) in [6.07, 6.45) is 3.93. The molecule has 4 nitrogen and oxygen atoms in total. The van der Waals surface area contributed by atoms with Gasteiger partial charge in [0.25, 0.3) is 0 Å². The zero-order valence-electron chi connectivity index (χ0n) is 9.93. The number of hydrogen-bond donors (Lipinski definition) is 1. The molecular weight excluding hydrogens is 238 g/mol. The fourth-order valence-corrected chi connectivity index (χ4v) is 1.99. The summed E-state index contributed by atoms with van der Waals surface area (Å²) in [7, 11) is 0. The van der Waals surface area contributed by atoms with E-state index in [1.165, 1.54) is 0 Å². The highest BCUT2D eigenvalue weighted by molar-refractivity contribution is 5.85. The summed E-state index contributed by atoms with van der Waals surface area (Å²) in [6, 6.07) is 4.10. The highest BCUT2D eigenvalue weighted by Gasteiger charge is 2.22. The van der Waals surface area contributed by atoms with Gasteiger partial charge in [-0.15, -0.1) is 12.4 Å². The van der Waals surface area contributed by atoms with Gasteiger partial charge in [0.15, 0.2) is 0 Å². The van der Waals surface area contributed by atoms with Crippen LogP contribution in [0.5, 0.6) is 0 Å². The molecule has 1 aliphatic heterocycles. The molecule has 0 aromatic carbocycles. The lowest BCUT2D eigenvalue weighted by atomic mass is 10.1. The van der Waals surface area contributed by atoms with Crippen molar-refractivity contribution in [3.05, 3.63) is 30.1 Å². The van der Waals surface area contributed by atoms with E-state index in [-0.39, 0.29) is 24.4 Å². The first kappa shape index (κ1) is 13.9. The molecule has 1 N–H and O–H groups in total. The fraction of sp³-hybridized carbons (Fsp3) is 0.500. The van der Waals surface area contributed by atoms with Crippen molar-refractivity contribution >= 4 is 18.3 Å². The zero-order chi connectivity index (χ0) is 11.4. The molecule has 1 amide bonds. The molecule has 0 bridgehead atoms. The standard InChI is InChI=1S/C12H17N3O.ClH/c1-10-8-14-5-6-15(10)12(16)7-11-3-2-4-13-9-11;/h2-4,9-10,14H,5-8H2,1H3;1H. The SMILES string of the molecule is CC1CNCCN1C(=O)Cc1cccnc1.Cl. The van der Waals surface area contributed by atoms with E-state index in [1.54, 1.807) is 12.4 Å². The minimum absolute atomic E-state index is 0. The number of halogens is 1. The van der Waals surface area contributed by atoms with Gasteiger partial charge in [0.2, 0.25) is 5.91 Å². The first-order chi connectivity index (χ1) is 7.77. The van der Waals surface area contributed by atoms with Crippen molar-refractivity contribution in [3.8, 4) is 0 Å². The minimum Gasteiger partial charge on any atom is -0.337 e. The Morgan fingerprint density at radius 2 is 2.47 bits per heavy atom. The Bertz CT molecular complexity index is 358. The van der Waals surface area contributed by atoms with Crippen LogP contribution >= 0.6 is 12.4 Å². The van der Waals surface area contributed by atoms with Crippen molar-refractivity contribution in [2.24, 2.45) is 0 Å². The van der Waals surface area contributed by atoms with E-state index in [1.807, 2.05) is 17.0 Å². The van der Waals surface area contributed by atoms with Gasteiger partial charge in [0.05, 0.1) is 6.42 Å². The summed E-state index contributed by atoms with van der Waals surface area (Å²) >= 11 is 0. The molecule has 1 aromatic heterocycles. The summed E-state index contributed by atoms with van der Waals surface area (Å²) in [4.78, 5) is 18.0. The molecule has 1 unspecified atom stereocenters. The van der Waals surface area contributed by atoms with Crippen LogP contribution in [0.15, 0.2) is 24.5 Å². The lowest BCUT2D eigenvalue weighted by Gasteiger charge is -2.34. The number of piperazine rings is 1. The van der Waals surface area contributed by atoms with E-state index in [0.717, 1.165) is 25.2 Å². The molecule has 1 fully saturated rings. The highest BCUT2D eigenvalue weighted by atomic mass is 35.5. The van der Waals surface area contributed by atoms with Gasteiger partial charge in [-0.1, -0.05) is 6.07 Å². The number of pyridine rings is 1. The summed E-state index contributed by atoms with van der Waals surface area (Å²) < 4.78 is 0. The Hall–Kier alpha value is -1.13. The van der Waals surface area contributed by atoms with Crippen LogP contribution in [0.1, 0.15) is 12.5 Å². The van der Waals surface area contributed by atoms with Crippen LogP contribution in [0, 0.1) is 0 Å². The number of aromatic nitrogens is 1. The smallest absolute Gasteiger partial charge is 0.227 e. The third-order valence-corrected chi connectivity index (χ3v) is 2.90. The van der Waals surface area contributed by atoms with Gasteiger partial charge in [0, 0.05) is 38.1 Å². The van der Waals surface area contributed by atoms with Crippen LogP contribution < -0.4 is 5.32 Å². The number of nitrogens with zero attached hydrogens (tertiary/aromatic N) is 2. The first-order valence-corrected chi connectivity index (χ1v) is 5.66. The van der Waals surface area contributed by atoms with Crippen LogP contribution in [0.25, 0.3) is 0 Å². The van der Waals surface area contributed by atoms with Gasteiger partial charge in [-0.25, -0.2) is 0 Å². The Morgan fingerprint density at radius 1 is 1.65 bits per heavy atom. The third kappa shape index (κ3) is 3.68. The molecule has 0 spiro atoms. The second kappa shape index (κ2) is 6.57. The zero-order valence-corrected chi connectivity index (χ0v) is 10.7. The van der Waals surface area contributed by atoms with Crippen LogP contribution in [0.2, 0.25) is 0 Å². The maximum Gasteiger partial charge on any atom is 0.227 e. The van der Waals surface area contributed by atoms with Gasteiger partial charge in [0.1, 0.15) is 0 Å². The molecule has 1 aliphatic rings. The minimum atomic E-state index is 0. The number of carbonyl (C=O) groups excluding carboxylic acids is 1. The molecule has 2 rings (SSSR count). The summed E-state index contributed by atoms with van der Waals surface area (Å²) in [6.45, 7) is 4.66. The van der Waals surface area contributed by atoms with Crippen molar-refractivity contribution in [1.29, 1.82) is 0 Å². The Morgan fingerprint density at radius 3 is 3.12 bits per heavy atom. The first-order valence-electron chi connectivity index (χ1n) is 5.66. The number of hydrogen-bond acceptors (Lipinski definition) is 3. The summed E-state index contributed by atoms with van der Waals surface area (Å²) in [5, 5.41) is 3.28. The molecule has 0 saturated carbocycles. The fourth-order valence-electron chi connectivity index (χ4n) is 1.99. The number of nitrogens with one attached hydrogen (secondary N) is 1. The van der Waals surface area contributed by atoms with Crippen LogP contribution in [-0.4, -0.2) is 41.5 Å². The molecule has 94 valence electrons. The lowest BCUT2D eigenvalue weighted by Crippen LogP contribution is -2.52. The average molecular weight is 256 g/mol. The molecule has 0 radical (unpaired) electrons. The molecule has 0 aliphatic carbocycles. The summed E-state index contributed by atoms with van der Waals surface area (Å²) in [5.74, 6) is 0.196. The quantitative estimate of drug-likeness (QED) is 0.853. The molecule has 1 saturated heterocycles. The lowest BCUT2D eigenvalue weighted by molar-refractivity contribution is -0.133. The van der Waals surface area contributed by atoms with Crippen LogP contribution in [-0.2, 0) is 11.2 Å². The predicted molar refractivity (Wildman–Crippen MR) is 69.2 cm³/mol. The van der Waals surface area contributed by atoms with E-state index < -0.39 is 0 Å². The van der Waals surface area contributed by atoms with Gasteiger partial charge in [-0.3, -0.25) is 9.78 Å². The molecule has 17 heavy (non-hydrogen) atoms. The van der Waals surface area contributed by atoms with Gasteiger partial charge in [-0.05, 0) is 18.6 Å². The molecule has 1 atom stereocenters. The van der Waals surface area contributed by atoms with E-state index in [2.05, 4.69) is 17.2 Å². The molecular formula is C12H18ClN3O. The topological polar surface area (TPSA) is 45.2 Å². The maximum absolute atomic E-state index is 12.0. The van der Waals surface area contributed by atoms with E-state index in [9.17, 15) is 4.79 Å². The third-order valence-electron chi connectivity index (χ3n) is 2.90. The van der Waals surface area contributed by atoms with Crippen molar-refractivity contribution in [2.75, 3.05) is 19.6 Å². The van der Waals surface area contributed by atoms with Crippen molar-refractivity contribution in [2.45, 2.75) is 19.4 Å². The van der Waals surface area contributed by atoms with Crippen molar-refractivity contribution in [3.63, 3.8) is 0 Å². The highest BCUT2D eigenvalue weighted by Crippen LogP contribution is 2.07. The van der Waals surface area contributed by atoms with Crippen LogP contribution in [0.3, 0.4) is 0 Å².